The second-order valence-electron chi connectivity index (χ2n) is 7.57. The first-order valence-electron chi connectivity index (χ1n) is 10.1. The largest absolute Gasteiger partial charge is 0.493 e. The number of amides is 1. The van der Waals surface area contributed by atoms with Crippen molar-refractivity contribution >= 4 is 22.5 Å². The summed E-state index contributed by atoms with van der Waals surface area (Å²) in [5.74, 6) is 1.63. The maximum atomic E-state index is 13.1. The lowest BCUT2D eigenvalue weighted by Crippen LogP contribution is -2.20. The number of methoxy groups -OCH3 is 2. The number of carbonyl (C=O) groups excluding carboxylic acids is 1. The molecule has 0 bridgehead atoms. The van der Waals surface area contributed by atoms with Gasteiger partial charge >= 0.3 is 0 Å². The molecule has 4 aromatic rings. The minimum absolute atomic E-state index is 0.0659. The Morgan fingerprint density at radius 3 is 2.74 bits per heavy atom. The molecule has 2 aromatic carbocycles. The molecule has 0 fully saturated rings. The zero-order valence-electron chi connectivity index (χ0n) is 17.3. The molecule has 1 aliphatic carbocycles. The Morgan fingerprint density at radius 2 is 1.97 bits per heavy atom. The lowest BCUT2D eigenvalue weighted by molar-refractivity contribution is -0.117. The number of H-pyrrole nitrogens is 1. The molecule has 0 radical (unpaired) electrons. The first-order valence-corrected chi connectivity index (χ1v) is 10.1. The van der Waals surface area contributed by atoms with E-state index in [-0.39, 0.29) is 11.8 Å². The predicted octanol–water partition coefficient (Wildman–Crippen LogP) is 4.31. The standard InChI is InChI=1S/C24H22N4O3/c1-30-21-8-7-18-19(23(21)31-2)5-6-20(18)24(29)28-22-10-16-9-14(17-12-26-27-13-17)3-4-15(16)11-25-22/h3-4,7-13,20H,5-6H2,1-2H3,(H,26,27)(H,25,28,29). The van der Waals surface area contributed by atoms with Crippen LogP contribution in [0.1, 0.15) is 23.5 Å². The Morgan fingerprint density at radius 1 is 1.06 bits per heavy atom. The van der Waals surface area contributed by atoms with Crippen molar-refractivity contribution < 1.29 is 14.3 Å². The Kier molecular flexibility index (Phi) is 4.78. The molecule has 1 unspecified atom stereocenters. The highest BCUT2D eigenvalue weighted by Crippen LogP contribution is 2.43. The Bertz CT molecular complexity index is 1270. The van der Waals surface area contributed by atoms with E-state index in [1.165, 1.54) is 0 Å². The number of rotatable bonds is 5. The summed E-state index contributed by atoms with van der Waals surface area (Å²) >= 11 is 0. The maximum absolute atomic E-state index is 13.1. The highest BCUT2D eigenvalue weighted by atomic mass is 16.5. The van der Waals surface area contributed by atoms with Gasteiger partial charge in [0, 0.05) is 28.9 Å². The number of aromatic nitrogens is 3. The summed E-state index contributed by atoms with van der Waals surface area (Å²) in [5, 5.41) is 11.8. The monoisotopic (exact) mass is 414 g/mol. The fourth-order valence-electron chi connectivity index (χ4n) is 4.32. The first-order chi connectivity index (χ1) is 15.2. The van der Waals surface area contributed by atoms with Crippen molar-refractivity contribution in [3.8, 4) is 22.6 Å². The fourth-order valence-corrected chi connectivity index (χ4v) is 4.32. The minimum atomic E-state index is -0.246. The summed E-state index contributed by atoms with van der Waals surface area (Å²) in [5.41, 5.74) is 4.09. The lowest BCUT2D eigenvalue weighted by atomic mass is 9.99. The van der Waals surface area contributed by atoms with Gasteiger partial charge in [-0.1, -0.05) is 18.2 Å². The van der Waals surface area contributed by atoms with Gasteiger partial charge in [-0.25, -0.2) is 4.98 Å². The van der Waals surface area contributed by atoms with Crippen molar-refractivity contribution in [3.63, 3.8) is 0 Å². The number of nitrogens with one attached hydrogen (secondary N) is 2. The zero-order valence-corrected chi connectivity index (χ0v) is 17.3. The molecule has 1 aliphatic rings. The average molecular weight is 414 g/mol. The molecule has 1 amide bonds. The van der Waals surface area contributed by atoms with Crippen LogP contribution in [0.4, 0.5) is 5.82 Å². The zero-order chi connectivity index (χ0) is 21.4. The summed E-state index contributed by atoms with van der Waals surface area (Å²) < 4.78 is 10.9. The molecule has 2 heterocycles. The Hall–Kier alpha value is -3.87. The van der Waals surface area contributed by atoms with Crippen molar-refractivity contribution in [2.24, 2.45) is 0 Å². The second kappa shape index (κ2) is 7.75. The number of hydrogen-bond donors (Lipinski definition) is 2. The number of hydrogen-bond acceptors (Lipinski definition) is 5. The van der Waals surface area contributed by atoms with Crippen LogP contribution in [-0.2, 0) is 11.2 Å². The topological polar surface area (TPSA) is 89.1 Å². The van der Waals surface area contributed by atoms with Crippen LogP contribution in [-0.4, -0.2) is 35.3 Å². The van der Waals surface area contributed by atoms with Gasteiger partial charge in [0.25, 0.3) is 0 Å². The van der Waals surface area contributed by atoms with Crippen LogP contribution in [0.25, 0.3) is 21.9 Å². The highest BCUT2D eigenvalue weighted by molar-refractivity contribution is 5.98. The molecule has 0 aliphatic heterocycles. The molecule has 2 aromatic heterocycles. The third kappa shape index (κ3) is 3.38. The van der Waals surface area contributed by atoms with Gasteiger partial charge in [-0.15, -0.1) is 0 Å². The van der Waals surface area contributed by atoms with Crippen molar-refractivity contribution in [1.82, 2.24) is 15.2 Å². The van der Waals surface area contributed by atoms with Crippen LogP contribution < -0.4 is 14.8 Å². The van der Waals surface area contributed by atoms with Gasteiger partial charge < -0.3 is 14.8 Å². The summed E-state index contributed by atoms with van der Waals surface area (Å²) in [6, 6.07) is 11.8. The molecular formula is C24H22N4O3. The van der Waals surface area contributed by atoms with Gasteiger partial charge in [0.2, 0.25) is 5.91 Å². The molecule has 7 nitrogen and oxygen atoms in total. The molecule has 1 atom stereocenters. The highest BCUT2D eigenvalue weighted by Gasteiger charge is 2.32. The van der Waals surface area contributed by atoms with Crippen molar-refractivity contribution in [2.45, 2.75) is 18.8 Å². The van der Waals surface area contributed by atoms with Crippen LogP contribution >= 0.6 is 0 Å². The molecule has 0 saturated carbocycles. The van der Waals surface area contributed by atoms with E-state index in [0.717, 1.165) is 45.9 Å². The quantitative estimate of drug-likeness (QED) is 0.508. The van der Waals surface area contributed by atoms with Crippen molar-refractivity contribution in [3.05, 3.63) is 66.1 Å². The molecular weight excluding hydrogens is 392 g/mol. The van der Waals surface area contributed by atoms with Crippen LogP contribution in [0.2, 0.25) is 0 Å². The summed E-state index contributed by atoms with van der Waals surface area (Å²) in [4.78, 5) is 17.5. The summed E-state index contributed by atoms with van der Waals surface area (Å²) in [6.07, 6.45) is 6.91. The van der Waals surface area contributed by atoms with E-state index >= 15 is 0 Å². The number of aromatic amines is 1. The number of ether oxygens (including phenoxy) is 2. The smallest absolute Gasteiger partial charge is 0.233 e. The van der Waals surface area contributed by atoms with E-state index in [9.17, 15) is 4.79 Å². The number of benzene rings is 2. The number of fused-ring (bicyclic) bond motifs is 2. The third-order valence-electron chi connectivity index (χ3n) is 5.86. The molecule has 7 heteroatoms. The van der Waals surface area contributed by atoms with E-state index in [0.29, 0.717) is 17.3 Å². The number of nitrogens with zero attached hydrogens (tertiary/aromatic N) is 2. The van der Waals surface area contributed by atoms with Gasteiger partial charge in [0.15, 0.2) is 11.5 Å². The normalized spacial score (nSPS) is 15.0. The third-order valence-corrected chi connectivity index (χ3v) is 5.86. The van der Waals surface area contributed by atoms with E-state index in [1.54, 1.807) is 26.6 Å². The van der Waals surface area contributed by atoms with Gasteiger partial charge in [-0.2, -0.15) is 5.10 Å². The van der Waals surface area contributed by atoms with E-state index in [2.05, 4.69) is 26.6 Å². The predicted molar refractivity (Wildman–Crippen MR) is 119 cm³/mol. The molecule has 2 N–H and O–H groups in total. The summed E-state index contributed by atoms with van der Waals surface area (Å²) in [6.45, 7) is 0. The van der Waals surface area contributed by atoms with Crippen LogP contribution in [0.5, 0.6) is 11.5 Å². The van der Waals surface area contributed by atoms with Gasteiger partial charge in [0.05, 0.1) is 26.3 Å². The maximum Gasteiger partial charge on any atom is 0.233 e. The number of anilines is 1. The van der Waals surface area contributed by atoms with Crippen LogP contribution in [0, 0.1) is 0 Å². The SMILES string of the molecule is COc1ccc2c(c1OC)CCC2C(=O)Nc1cc2cc(-c3cn[nH]c3)ccc2cn1. The van der Waals surface area contributed by atoms with Gasteiger partial charge in [0.1, 0.15) is 5.82 Å². The molecule has 156 valence electrons. The fraction of sp³-hybridized carbons (Fsp3) is 0.208. The molecule has 31 heavy (non-hydrogen) atoms. The molecule has 0 saturated heterocycles. The Balaban J connectivity index is 1.41. The Labute approximate surface area is 179 Å². The van der Waals surface area contributed by atoms with E-state index < -0.39 is 0 Å². The number of carbonyl (C=O) groups is 1. The van der Waals surface area contributed by atoms with Crippen molar-refractivity contribution in [1.29, 1.82) is 0 Å². The van der Waals surface area contributed by atoms with Crippen LogP contribution in [0.3, 0.4) is 0 Å². The van der Waals surface area contributed by atoms with Crippen LogP contribution in [0.15, 0.2) is 55.0 Å². The number of pyridine rings is 1. The second-order valence-corrected chi connectivity index (χ2v) is 7.57. The van der Waals surface area contributed by atoms with Crippen molar-refractivity contribution in [2.75, 3.05) is 19.5 Å². The lowest BCUT2D eigenvalue weighted by Gasteiger charge is -2.15. The first kappa shape index (κ1) is 19.1. The van der Waals surface area contributed by atoms with Gasteiger partial charge in [-0.3, -0.25) is 9.89 Å². The average Bonchev–Trinajstić information content (AvgIpc) is 3.48. The molecule has 0 spiro atoms. The van der Waals surface area contributed by atoms with Gasteiger partial charge in [-0.05, 0) is 47.6 Å². The molecule has 5 rings (SSSR count). The minimum Gasteiger partial charge on any atom is -0.493 e. The van der Waals surface area contributed by atoms with E-state index in [4.69, 9.17) is 9.47 Å². The van der Waals surface area contributed by atoms with E-state index in [1.807, 2.05) is 36.5 Å². The summed E-state index contributed by atoms with van der Waals surface area (Å²) in [7, 11) is 3.25.